The summed E-state index contributed by atoms with van der Waals surface area (Å²) >= 11 is 0. The van der Waals surface area contributed by atoms with E-state index in [2.05, 4.69) is 9.97 Å². The predicted molar refractivity (Wildman–Crippen MR) is 63.9 cm³/mol. The topological polar surface area (TPSA) is 63.2 Å². The summed E-state index contributed by atoms with van der Waals surface area (Å²) in [5, 5.41) is 0. The molecule has 2 aromatic rings. The van der Waals surface area contributed by atoms with Crippen molar-refractivity contribution in [1.82, 2.24) is 9.97 Å². The van der Waals surface area contributed by atoms with Crippen molar-refractivity contribution in [3.8, 4) is 0 Å². The molecule has 0 N–H and O–H groups in total. The third kappa shape index (κ3) is 2.44. The molecular weight excluding hydrogens is 295 g/mol. The van der Waals surface area contributed by atoms with E-state index in [-0.39, 0.29) is 5.95 Å². The van der Waals surface area contributed by atoms with Crippen LogP contribution in [0, 0.1) is 17.5 Å². The lowest BCUT2D eigenvalue weighted by Crippen LogP contribution is -2.28. The first-order valence-corrected chi connectivity index (χ1v) is 6.68. The maximum atomic E-state index is 13.1. The van der Waals surface area contributed by atoms with Gasteiger partial charge in [-0.2, -0.15) is 0 Å². The minimum absolute atomic E-state index is 0.183. The molecule has 2 rings (SSSR count). The van der Waals surface area contributed by atoms with Crippen LogP contribution in [0.1, 0.15) is 0 Å². The van der Waals surface area contributed by atoms with Gasteiger partial charge in [0.1, 0.15) is 0 Å². The van der Waals surface area contributed by atoms with E-state index in [0.717, 1.165) is 7.05 Å². The number of aromatic nitrogens is 2. The predicted octanol–water partition coefficient (Wildman–Crippen LogP) is 1.72. The van der Waals surface area contributed by atoms with Gasteiger partial charge in [0.2, 0.25) is 5.95 Å². The second-order valence-electron chi connectivity index (χ2n) is 3.72. The molecule has 0 atom stereocenters. The van der Waals surface area contributed by atoms with E-state index in [1.807, 2.05) is 0 Å². The molecule has 0 fully saturated rings. The highest BCUT2D eigenvalue weighted by molar-refractivity contribution is 7.92. The Kier molecular flexibility index (Phi) is 3.62. The zero-order chi connectivity index (χ0) is 14.9. The van der Waals surface area contributed by atoms with E-state index in [4.69, 9.17) is 0 Å². The summed E-state index contributed by atoms with van der Waals surface area (Å²) in [5.41, 5.74) is 0. The van der Waals surface area contributed by atoms with E-state index < -0.39 is 32.4 Å². The number of nitrogens with zero attached hydrogens (tertiary/aromatic N) is 3. The van der Waals surface area contributed by atoms with Crippen molar-refractivity contribution in [1.29, 1.82) is 0 Å². The Morgan fingerprint density at radius 1 is 1.05 bits per heavy atom. The number of anilines is 1. The molecule has 20 heavy (non-hydrogen) atoms. The molecule has 1 aromatic carbocycles. The van der Waals surface area contributed by atoms with E-state index in [1.54, 1.807) is 0 Å². The van der Waals surface area contributed by atoms with Crippen molar-refractivity contribution in [2.45, 2.75) is 4.90 Å². The average Bonchev–Trinajstić information content (AvgIpc) is 2.44. The van der Waals surface area contributed by atoms with Crippen molar-refractivity contribution in [2.75, 3.05) is 11.4 Å². The molecule has 1 heterocycles. The number of sulfonamides is 1. The fraction of sp³-hybridized carbons (Fsp3) is 0.0909. The third-order valence-electron chi connectivity index (χ3n) is 2.45. The van der Waals surface area contributed by atoms with Crippen LogP contribution in [0.4, 0.5) is 19.1 Å². The van der Waals surface area contributed by atoms with Gasteiger partial charge in [0, 0.05) is 19.4 Å². The first kappa shape index (κ1) is 14.3. The second-order valence-corrected chi connectivity index (χ2v) is 5.69. The largest absolute Gasteiger partial charge is 0.266 e. The van der Waals surface area contributed by atoms with Crippen LogP contribution in [-0.2, 0) is 10.0 Å². The fourth-order valence-electron chi connectivity index (χ4n) is 1.40. The van der Waals surface area contributed by atoms with Crippen LogP contribution >= 0.6 is 0 Å². The van der Waals surface area contributed by atoms with Crippen LogP contribution in [0.3, 0.4) is 0 Å². The van der Waals surface area contributed by atoms with Crippen LogP contribution < -0.4 is 4.31 Å². The summed E-state index contributed by atoms with van der Waals surface area (Å²) in [6.07, 6.45) is 2.61. The van der Waals surface area contributed by atoms with Crippen molar-refractivity contribution in [3.05, 3.63) is 48.0 Å². The first-order chi connectivity index (χ1) is 9.34. The highest BCUT2D eigenvalue weighted by atomic mass is 32.2. The summed E-state index contributed by atoms with van der Waals surface area (Å²) in [7, 11) is -3.18. The molecule has 0 bridgehead atoms. The Morgan fingerprint density at radius 3 is 2.05 bits per heavy atom. The monoisotopic (exact) mass is 303 g/mol. The van der Waals surface area contributed by atoms with Gasteiger partial charge in [-0.25, -0.2) is 35.9 Å². The van der Waals surface area contributed by atoms with Crippen LogP contribution in [-0.4, -0.2) is 25.4 Å². The van der Waals surface area contributed by atoms with E-state index in [1.165, 1.54) is 18.5 Å². The fourth-order valence-corrected chi connectivity index (χ4v) is 2.53. The van der Waals surface area contributed by atoms with Crippen molar-refractivity contribution >= 4 is 16.0 Å². The van der Waals surface area contributed by atoms with Crippen LogP contribution in [0.5, 0.6) is 0 Å². The van der Waals surface area contributed by atoms with Gasteiger partial charge in [-0.3, -0.25) is 0 Å². The molecule has 0 amide bonds. The number of halogens is 3. The Morgan fingerprint density at radius 2 is 1.55 bits per heavy atom. The number of rotatable bonds is 3. The molecule has 5 nitrogen and oxygen atoms in total. The summed E-state index contributed by atoms with van der Waals surface area (Å²) in [4.78, 5) is 6.68. The molecular formula is C11H8F3N3O2S. The minimum atomic E-state index is -4.29. The molecule has 0 saturated heterocycles. The summed E-state index contributed by atoms with van der Waals surface area (Å²) in [6.45, 7) is 0. The molecule has 0 saturated carbocycles. The maximum Gasteiger partial charge on any atom is 0.266 e. The molecule has 1 aromatic heterocycles. The van der Waals surface area contributed by atoms with Crippen molar-refractivity contribution in [3.63, 3.8) is 0 Å². The lowest BCUT2D eigenvalue weighted by atomic mass is 10.3. The second kappa shape index (κ2) is 5.08. The first-order valence-electron chi connectivity index (χ1n) is 5.24. The zero-order valence-electron chi connectivity index (χ0n) is 10.1. The van der Waals surface area contributed by atoms with Gasteiger partial charge in [-0.15, -0.1) is 0 Å². The molecule has 0 aliphatic rings. The van der Waals surface area contributed by atoms with E-state index >= 15 is 0 Å². The molecule has 0 unspecified atom stereocenters. The molecule has 106 valence electrons. The van der Waals surface area contributed by atoms with Gasteiger partial charge in [0.05, 0.1) is 4.90 Å². The number of benzene rings is 1. The van der Waals surface area contributed by atoms with Crippen LogP contribution in [0.25, 0.3) is 0 Å². The van der Waals surface area contributed by atoms with Gasteiger partial charge in [0.25, 0.3) is 10.0 Å². The van der Waals surface area contributed by atoms with Gasteiger partial charge in [0.15, 0.2) is 17.5 Å². The van der Waals surface area contributed by atoms with E-state index in [9.17, 15) is 21.6 Å². The molecule has 0 spiro atoms. The lowest BCUT2D eigenvalue weighted by Gasteiger charge is -2.17. The Balaban J connectivity index is 2.51. The highest BCUT2D eigenvalue weighted by Crippen LogP contribution is 2.22. The SMILES string of the molecule is CN(c1ncccn1)S(=O)(=O)c1cc(F)c(F)c(F)c1. The van der Waals surface area contributed by atoms with Gasteiger partial charge in [-0.05, 0) is 18.2 Å². The third-order valence-corrected chi connectivity index (χ3v) is 4.17. The van der Waals surface area contributed by atoms with E-state index in [0.29, 0.717) is 16.4 Å². The Bertz CT molecular complexity index is 715. The maximum absolute atomic E-state index is 13.1. The summed E-state index contributed by atoms with van der Waals surface area (Å²) in [5.74, 6) is -5.10. The number of hydrogen-bond donors (Lipinski definition) is 0. The summed E-state index contributed by atoms with van der Waals surface area (Å²) < 4.78 is 64.0. The number of hydrogen-bond acceptors (Lipinski definition) is 4. The van der Waals surface area contributed by atoms with Gasteiger partial charge >= 0.3 is 0 Å². The lowest BCUT2D eigenvalue weighted by molar-refractivity contribution is 0.442. The Labute approximate surface area is 112 Å². The zero-order valence-corrected chi connectivity index (χ0v) is 10.9. The Hall–Kier alpha value is -2.16. The molecule has 0 radical (unpaired) electrons. The molecule has 0 aliphatic carbocycles. The van der Waals surface area contributed by atoms with Crippen LogP contribution in [0.15, 0.2) is 35.5 Å². The normalized spacial score (nSPS) is 11.4. The molecule has 9 heteroatoms. The quantitative estimate of drug-likeness (QED) is 0.810. The minimum Gasteiger partial charge on any atom is -0.237 e. The molecule has 0 aliphatic heterocycles. The highest BCUT2D eigenvalue weighted by Gasteiger charge is 2.26. The summed E-state index contributed by atoms with van der Waals surface area (Å²) in [6, 6.07) is 2.27. The standard InChI is InChI=1S/C11H8F3N3O2S/c1-17(11-15-3-2-4-16-11)20(18,19)7-5-8(12)10(14)9(13)6-7/h2-6H,1H3. The van der Waals surface area contributed by atoms with Crippen molar-refractivity contribution < 1.29 is 21.6 Å². The smallest absolute Gasteiger partial charge is 0.237 e. The van der Waals surface area contributed by atoms with Crippen LogP contribution in [0.2, 0.25) is 0 Å². The average molecular weight is 303 g/mol. The van der Waals surface area contributed by atoms with Gasteiger partial charge < -0.3 is 0 Å². The van der Waals surface area contributed by atoms with Crippen molar-refractivity contribution in [2.24, 2.45) is 0 Å². The van der Waals surface area contributed by atoms with Gasteiger partial charge in [-0.1, -0.05) is 0 Å².